The van der Waals surface area contributed by atoms with Crippen LogP contribution in [0.2, 0.25) is 0 Å². The standard InChI is InChI=1S/C26H12F6N2O2S2/c27-25(28,29)11-1-3-13-15(9-11)33-23(35)21(13)19-7-5-17(37-19)18-6-8-20(38-18)22-14-4-2-12(26(30,31)32)10-16(14)34-24(22)36/h1-10,33,35H. The summed E-state index contributed by atoms with van der Waals surface area (Å²) < 4.78 is 78.4. The number of amides is 1. The van der Waals surface area contributed by atoms with Crippen molar-refractivity contribution in [2.75, 3.05) is 0 Å². The number of aromatic nitrogens is 1. The Balaban J connectivity index is 1.37. The molecular formula is C26H12F6N2O2S2. The van der Waals surface area contributed by atoms with E-state index in [0.717, 1.165) is 34.0 Å². The van der Waals surface area contributed by atoms with Gasteiger partial charge in [-0.2, -0.15) is 26.3 Å². The number of hydrogen-bond donors (Lipinski definition) is 2. The van der Waals surface area contributed by atoms with Gasteiger partial charge >= 0.3 is 12.4 Å². The van der Waals surface area contributed by atoms with E-state index in [1.807, 2.05) is 0 Å². The molecule has 0 spiro atoms. The lowest BCUT2D eigenvalue weighted by atomic mass is 10.1. The Morgan fingerprint density at radius 1 is 0.737 bits per heavy atom. The summed E-state index contributed by atoms with van der Waals surface area (Å²) in [7, 11) is 0. The molecule has 2 aromatic carbocycles. The summed E-state index contributed by atoms with van der Waals surface area (Å²) in [4.78, 5) is 21.6. The zero-order valence-corrected chi connectivity index (χ0v) is 20.3. The highest BCUT2D eigenvalue weighted by Gasteiger charge is 2.32. The molecule has 6 rings (SSSR count). The van der Waals surface area contributed by atoms with E-state index in [-0.39, 0.29) is 22.3 Å². The summed E-state index contributed by atoms with van der Waals surface area (Å²) in [5, 5.41) is 11.2. The van der Waals surface area contributed by atoms with Gasteiger partial charge in [0.2, 0.25) is 0 Å². The highest BCUT2D eigenvalue weighted by Crippen LogP contribution is 2.45. The summed E-state index contributed by atoms with van der Waals surface area (Å²) in [6.45, 7) is 0. The molecule has 1 aliphatic heterocycles. The van der Waals surface area contributed by atoms with Crippen LogP contribution >= 0.6 is 22.7 Å². The number of thiophene rings is 2. The number of alkyl halides is 6. The Hall–Kier alpha value is -3.90. The number of rotatable bonds is 3. The predicted molar refractivity (Wildman–Crippen MR) is 131 cm³/mol. The lowest BCUT2D eigenvalue weighted by Crippen LogP contribution is -2.25. The summed E-state index contributed by atoms with van der Waals surface area (Å²) in [5.74, 6) is -0.885. The Morgan fingerprint density at radius 3 is 2.00 bits per heavy atom. The monoisotopic (exact) mass is 562 g/mol. The van der Waals surface area contributed by atoms with Crippen LogP contribution in [0.15, 0.2) is 65.7 Å². The molecule has 0 saturated heterocycles. The number of H-pyrrole nitrogens is 1. The molecule has 0 radical (unpaired) electrons. The first-order valence-electron chi connectivity index (χ1n) is 10.9. The molecule has 0 unspecified atom stereocenters. The van der Waals surface area contributed by atoms with E-state index >= 15 is 0 Å². The van der Waals surface area contributed by atoms with Crippen LogP contribution in [0.4, 0.5) is 26.3 Å². The van der Waals surface area contributed by atoms with Crippen LogP contribution in [0.5, 0.6) is 5.88 Å². The van der Waals surface area contributed by atoms with E-state index in [9.17, 15) is 36.2 Å². The average Bonchev–Trinajstić information content (AvgIpc) is 3.60. The van der Waals surface area contributed by atoms with E-state index in [1.54, 1.807) is 24.3 Å². The van der Waals surface area contributed by atoms with Gasteiger partial charge in [-0.05, 0) is 48.5 Å². The Kier molecular flexibility index (Phi) is 5.34. The zero-order valence-electron chi connectivity index (χ0n) is 18.7. The second-order valence-corrected chi connectivity index (χ2v) is 10.6. The van der Waals surface area contributed by atoms with Gasteiger partial charge in [0.25, 0.3) is 5.91 Å². The molecule has 0 atom stereocenters. The Morgan fingerprint density at radius 2 is 1.32 bits per heavy atom. The highest BCUT2D eigenvalue weighted by molar-refractivity contribution is 7.24. The molecular weight excluding hydrogens is 550 g/mol. The molecule has 1 aliphatic rings. The van der Waals surface area contributed by atoms with Crippen LogP contribution in [0.3, 0.4) is 0 Å². The maximum atomic E-state index is 13.1. The number of carbonyl (C=O) groups excluding carboxylic acids is 1. The molecule has 0 bridgehead atoms. The molecule has 1 amide bonds. The van der Waals surface area contributed by atoms with Crippen molar-refractivity contribution in [2.45, 2.75) is 12.4 Å². The minimum Gasteiger partial charge on any atom is -0.494 e. The molecule has 2 N–H and O–H groups in total. The topological polar surface area (TPSA) is 65.4 Å². The van der Waals surface area contributed by atoms with Crippen LogP contribution in [-0.4, -0.2) is 16.0 Å². The Bertz CT molecular complexity index is 1890. The van der Waals surface area contributed by atoms with Crippen molar-refractivity contribution in [1.82, 2.24) is 4.98 Å². The SMILES string of the molecule is O=C1N=c2cc(C(F)(F)F)ccc2=C1c1ccc(-c2ccc(-c3c(O)[nH]c4cc(C(F)(F)F)ccc34)s2)s1. The smallest absolute Gasteiger partial charge is 0.416 e. The number of halogens is 6. The predicted octanol–water partition coefficient (Wildman–Crippen LogP) is 6.73. The van der Waals surface area contributed by atoms with Gasteiger partial charge in [0.1, 0.15) is 0 Å². The number of nitrogens with one attached hydrogen (secondary N) is 1. The number of aromatic hydroxyl groups is 1. The van der Waals surface area contributed by atoms with Gasteiger partial charge < -0.3 is 10.1 Å². The van der Waals surface area contributed by atoms with Crippen molar-refractivity contribution >= 4 is 45.1 Å². The van der Waals surface area contributed by atoms with E-state index in [4.69, 9.17) is 0 Å². The zero-order chi connectivity index (χ0) is 27.0. The minimum absolute atomic E-state index is 0.0309. The number of fused-ring (bicyclic) bond motifs is 2. The largest absolute Gasteiger partial charge is 0.494 e. The van der Waals surface area contributed by atoms with Crippen molar-refractivity contribution in [1.29, 1.82) is 0 Å². The Labute approximate surface area is 216 Å². The molecule has 192 valence electrons. The summed E-state index contributed by atoms with van der Waals surface area (Å²) >= 11 is 2.55. The normalized spacial score (nSPS) is 13.8. The summed E-state index contributed by atoms with van der Waals surface area (Å²) in [6, 6.07) is 13.2. The minimum atomic E-state index is -4.55. The molecule has 4 heterocycles. The molecule has 5 aromatic rings. The van der Waals surface area contributed by atoms with Gasteiger partial charge in [0.15, 0.2) is 5.88 Å². The van der Waals surface area contributed by atoms with Crippen molar-refractivity contribution in [3.63, 3.8) is 0 Å². The molecule has 0 fully saturated rings. The van der Waals surface area contributed by atoms with Crippen LogP contribution in [0, 0.1) is 0 Å². The first kappa shape index (κ1) is 24.4. The van der Waals surface area contributed by atoms with Gasteiger partial charge in [0.05, 0.1) is 27.6 Å². The van der Waals surface area contributed by atoms with E-state index in [2.05, 4.69) is 9.98 Å². The van der Waals surface area contributed by atoms with Gasteiger partial charge in [-0.1, -0.05) is 12.1 Å². The molecule has 0 saturated carbocycles. The molecule has 0 aliphatic carbocycles. The lowest BCUT2D eigenvalue weighted by molar-refractivity contribution is -0.138. The highest BCUT2D eigenvalue weighted by atomic mass is 32.1. The molecule has 3 aromatic heterocycles. The van der Waals surface area contributed by atoms with E-state index in [0.29, 0.717) is 25.9 Å². The number of carbonyl (C=O) groups is 1. The molecule has 38 heavy (non-hydrogen) atoms. The fourth-order valence-corrected chi connectivity index (χ4v) is 6.56. The molecule has 4 nitrogen and oxygen atoms in total. The van der Waals surface area contributed by atoms with E-state index in [1.165, 1.54) is 34.8 Å². The third kappa shape index (κ3) is 4.00. The number of nitrogens with zero attached hydrogens (tertiary/aromatic N) is 1. The first-order chi connectivity index (χ1) is 17.9. The lowest BCUT2D eigenvalue weighted by Gasteiger charge is -2.06. The van der Waals surface area contributed by atoms with Crippen molar-refractivity contribution in [3.05, 3.63) is 87.2 Å². The first-order valence-corrected chi connectivity index (χ1v) is 12.5. The second-order valence-electron chi connectivity index (χ2n) is 8.46. The van der Waals surface area contributed by atoms with Crippen molar-refractivity contribution < 1.29 is 36.2 Å². The number of hydrogen-bond acceptors (Lipinski definition) is 4. The van der Waals surface area contributed by atoms with Gasteiger partial charge in [0, 0.05) is 35.6 Å². The van der Waals surface area contributed by atoms with Crippen LogP contribution < -0.4 is 10.6 Å². The van der Waals surface area contributed by atoms with Gasteiger partial charge in [-0.3, -0.25) is 4.79 Å². The summed E-state index contributed by atoms with van der Waals surface area (Å²) in [5.41, 5.74) is -0.986. The van der Waals surface area contributed by atoms with Crippen LogP contribution in [-0.2, 0) is 17.1 Å². The van der Waals surface area contributed by atoms with Crippen LogP contribution in [0.25, 0.3) is 36.7 Å². The fraction of sp³-hybridized carbons (Fsp3) is 0.0769. The third-order valence-electron chi connectivity index (χ3n) is 6.08. The van der Waals surface area contributed by atoms with Gasteiger partial charge in [-0.15, -0.1) is 22.7 Å². The van der Waals surface area contributed by atoms with E-state index < -0.39 is 29.4 Å². The maximum Gasteiger partial charge on any atom is 0.416 e. The van der Waals surface area contributed by atoms with Crippen molar-refractivity contribution in [3.8, 4) is 26.1 Å². The second kappa shape index (κ2) is 8.30. The summed E-state index contributed by atoms with van der Waals surface area (Å²) in [6.07, 6.45) is -9.07. The number of benzene rings is 2. The van der Waals surface area contributed by atoms with Gasteiger partial charge in [-0.25, -0.2) is 4.99 Å². The average molecular weight is 563 g/mol. The maximum absolute atomic E-state index is 13.1. The quantitative estimate of drug-likeness (QED) is 0.240. The molecule has 12 heteroatoms. The number of aromatic amines is 1. The van der Waals surface area contributed by atoms with Crippen LogP contribution in [0.1, 0.15) is 16.0 Å². The van der Waals surface area contributed by atoms with Crippen molar-refractivity contribution in [2.24, 2.45) is 4.99 Å². The third-order valence-corrected chi connectivity index (χ3v) is 8.49. The fourth-order valence-electron chi connectivity index (χ4n) is 4.35.